The number of aromatic nitrogens is 4. The van der Waals surface area contributed by atoms with Crippen LogP contribution in [0.15, 0.2) is 36.8 Å². The van der Waals surface area contributed by atoms with Crippen LogP contribution >= 0.6 is 0 Å². The molecule has 6 nitrogen and oxygen atoms in total. The summed E-state index contributed by atoms with van der Waals surface area (Å²) < 4.78 is 3.85. The first-order valence-electron chi connectivity index (χ1n) is 6.38. The number of carboxylic acids is 1. The van der Waals surface area contributed by atoms with Gasteiger partial charge in [-0.1, -0.05) is 0 Å². The second-order valence-electron chi connectivity index (χ2n) is 4.52. The van der Waals surface area contributed by atoms with Gasteiger partial charge in [0.25, 0.3) is 0 Å². The van der Waals surface area contributed by atoms with Crippen molar-refractivity contribution >= 4 is 17.0 Å². The third-order valence-corrected chi connectivity index (χ3v) is 3.30. The first-order valence-corrected chi connectivity index (χ1v) is 6.38. The Balaban J connectivity index is 2.03. The van der Waals surface area contributed by atoms with E-state index in [1.807, 2.05) is 22.2 Å². The van der Waals surface area contributed by atoms with Gasteiger partial charge in [-0.05, 0) is 31.2 Å². The van der Waals surface area contributed by atoms with Gasteiger partial charge in [-0.25, -0.2) is 9.78 Å². The van der Waals surface area contributed by atoms with Crippen molar-refractivity contribution in [2.24, 2.45) is 0 Å². The number of hydrogen-bond acceptors (Lipinski definition) is 3. The zero-order valence-corrected chi connectivity index (χ0v) is 11.0. The summed E-state index contributed by atoms with van der Waals surface area (Å²) in [6.07, 6.45) is 3.49. The molecule has 0 atom stereocenters. The highest BCUT2D eigenvalue weighted by molar-refractivity contribution is 5.92. The van der Waals surface area contributed by atoms with Gasteiger partial charge in [-0.3, -0.25) is 4.68 Å². The number of carboxylic acid groups (broad SMARTS) is 1. The molecule has 0 aliphatic heterocycles. The fourth-order valence-corrected chi connectivity index (χ4v) is 2.27. The molecule has 0 spiro atoms. The highest BCUT2D eigenvalue weighted by Crippen LogP contribution is 2.16. The number of carbonyl (C=O) groups is 1. The Labute approximate surface area is 115 Å². The fourth-order valence-electron chi connectivity index (χ4n) is 2.27. The number of rotatable bonds is 4. The number of benzene rings is 1. The SMILES string of the molecule is CCn1nccc1Cn1cnc2ccc(C(=O)O)cc21. The van der Waals surface area contributed by atoms with Crippen molar-refractivity contribution in [1.29, 1.82) is 0 Å². The normalized spacial score (nSPS) is 11.1. The molecule has 0 bridgehead atoms. The molecule has 6 heteroatoms. The summed E-state index contributed by atoms with van der Waals surface area (Å²) in [6.45, 7) is 3.45. The lowest BCUT2D eigenvalue weighted by atomic mass is 10.2. The molecule has 1 aromatic carbocycles. The Bertz CT molecular complexity index is 772. The Kier molecular flexibility index (Phi) is 2.98. The van der Waals surface area contributed by atoms with Crippen LogP contribution in [0.25, 0.3) is 11.0 Å². The minimum absolute atomic E-state index is 0.267. The van der Waals surface area contributed by atoms with Crippen LogP contribution in [0.3, 0.4) is 0 Å². The molecule has 1 N–H and O–H groups in total. The molecular formula is C14H14N4O2. The second kappa shape index (κ2) is 4.80. The predicted octanol–water partition coefficient (Wildman–Crippen LogP) is 2.00. The van der Waals surface area contributed by atoms with Crippen LogP contribution in [0.5, 0.6) is 0 Å². The summed E-state index contributed by atoms with van der Waals surface area (Å²) in [7, 11) is 0. The van der Waals surface area contributed by atoms with Gasteiger partial charge < -0.3 is 9.67 Å². The van der Waals surface area contributed by atoms with E-state index in [0.29, 0.717) is 6.54 Å². The van der Waals surface area contributed by atoms with Crippen LogP contribution in [0.1, 0.15) is 23.0 Å². The second-order valence-corrected chi connectivity index (χ2v) is 4.52. The van der Waals surface area contributed by atoms with Crippen molar-refractivity contribution in [2.75, 3.05) is 0 Å². The Morgan fingerprint density at radius 1 is 1.35 bits per heavy atom. The molecule has 3 aromatic rings. The quantitative estimate of drug-likeness (QED) is 0.787. The summed E-state index contributed by atoms with van der Waals surface area (Å²) in [5.74, 6) is -0.932. The van der Waals surface area contributed by atoms with Crippen molar-refractivity contribution in [1.82, 2.24) is 19.3 Å². The average Bonchev–Trinajstić information content (AvgIpc) is 3.05. The largest absolute Gasteiger partial charge is 0.478 e. The van der Waals surface area contributed by atoms with Crippen LogP contribution in [0, 0.1) is 0 Å². The third kappa shape index (κ3) is 2.05. The fraction of sp³-hybridized carbons (Fsp3) is 0.214. The Morgan fingerprint density at radius 2 is 2.20 bits per heavy atom. The Hall–Kier alpha value is -2.63. The van der Waals surface area contributed by atoms with E-state index in [4.69, 9.17) is 5.11 Å². The van der Waals surface area contributed by atoms with E-state index in [9.17, 15) is 4.79 Å². The zero-order chi connectivity index (χ0) is 14.1. The predicted molar refractivity (Wildman–Crippen MR) is 73.7 cm³/mol. The van der Waals surface area contributed by atoms with Gasteiger partial charge in [0.1, 0.15) is 0 Å². The average molecular weight is 270 g/mol. The van der Waals surface area contributed by atoms with Gasteiger partial charge in [0, 0.05) is 12.7 Å². The monoisotopic (exact) mass is 270 g/mol. The summed E-state index contributed by atoms with van der Waals surface area (Å²) in [5.41, 5.74) is 2.93. The molecule has 2 aromatic heterocycles. The molecule has 0 aliphatic carbocycles. The van der Waals surface area contributed by atoms with Gasteiger partial charge in [-0.2, -0.15) is 5.10 Å². The van der Waals surface area contributed by atoms with E-state index in [2.05, 4.69) is 10.1 Å². The summed E-state index contributed by atoms with van der Waals surface area (Å²) in [4.78, 5) is 15.3. The zero-order valence-electron chi connectivity index (χ0n) is 11.0. The molecule has 0 saturated carbocycles. The lowest BCUT2D eigenvalue weighted by Crippen LogP contribution is -2.07. The number of hydrogen-bond donors (Lipinski definition) is 1. The summed E-state index contributed by atoms with van der Waals surface area (Å²) in [5, 5.41) is 13.3. The molecule has 0 saturated heterocycles. The van der Waals surface area contributed by atoms with E-state index in [-0.39, 0.29) is 5.56 Å². The Morgan fingerprint density at radius 3 is 2.95 bits per heavy atom. The number of aryl methyl sites for hydroxylation is 1. The number of imidazole rings is 1. The molecule has 2 heterocycles. The smallest absolute Gasteiger partial charge is 0.335 e. The molecule has 20 heavy (non-hydrogen) atoms. The minimum atomic E-state index is -0.932. The lowest BCUT2D eigenvalue weighted by molar-refractivity contribution is 0.0697. The molecule has 0 aliphatic rings. The highest BCUT2D eigenvalue weighted by Gasteiger charge is 2.09. The van der Waals surface area contributed by atoms with Gasteiger partial charge in [0.05, 0.1) is 35.2 Å². The molecule has 3 rings (SSSR count). The maximum Gasteiger partial charge on any atom is 0.335 e. The molecule has 102 valence electrons. The van der Waals surface area contributed by atoms with Gasteiger partial charge >= 0.3 is 5.97 Å². The standard InChI is InChI=1S/C14H14N4O2/c1-2-18-11(5-6-16-18)8-17-9-15-12-4-3-10(14(19)20)7-13(12)17/h3-7,9H,2,8H2,1H3,(H,19,20). The van der Waals surface area contributed by atoms with Crippen LogP contribution in [-0.4, -0.2) is 30.4 Å². The first-order chi connectivity index (χ1) is 9.69. The maximum absolute atomic E-state index is 11.1. The molecule has 0 amide bonds. The summed E-state index contributed by atoms with van der Waals surface area (Å²) in [6, 6.07) is 6.90. The van der Waals surface area contributed by atoms with E-state index in [1.165, 1.54) is 0 Å². The topological polar surface area (TPSA) is 72.9 Å². The van der Waals surface area contributed by atoms with Gasteiger partial charge in [0.15, 0.2) is 0 Å². The number of aromatic carboxylic acids is 1. The van der Waals surface area contributed by atoms with E-state index in [1.54, 1.807) is 30.7 Å². The van der Waals surface area contributed by atoms with Crippen molar-refractivity contribution < 1.29 is 9.90 Å². The number of fused-ring (bicyclic) bond motifs is 1. The maximum atomic E-state index is 11.1. The number of nitrogens with zero attached hydrogens (tertiary/aromatic N) is 4. The van der Waals surface area contributed by atoms with Gasteiger partial charge in [-0.15, -0.1) is 0 Å². The van der Waals surface area contributed by atoms with E-state index in [0.717, 1.165) is 23.3 Å². The minimum Gasteiger partial charge on any atom is -0.478 e. The van der Waals surface area contributed by atoms with Crippen LogP contribution < -0.4 is 0 Å². The molecule has 0 radical (unpaired) electrons. The lowest BCUT2D eigenvalue weighted by Gasteiger charge is -2.07. The van der Waals surface area contributed by atoms with Crippen LogP contribution in [0.4, 0.5) is 0 Å². The van der Waals surface area contributed by atoms with Crippen molar-refractivity contribution in [2.45, 2.75) is 20.0 Å². The van der Waals surface area contributed by atoms with Crippen molar-refractivity contribution in [3.05, 3.63) is 48.0 Å². The van der Waals surface area contributed by atoms with Crippen LogP contribution in [-0.2, 0) is 13.1 Å². The van der Waals surface area contributed by atoms with E-state index >= 15 is 0 Å². The highest BCUT2D eigenvalue weighted by atomic mass is 16.4. The molecular weight excluding hydrogens is 256 g/mol. The first kappa shape index (κ1) is 12.4. The summed E-state index contributed by atoms with van der Waals surface area (Å²) >= 11 is 0. The van der Waals surface area contributed by atoms with Crippen molar-refractivity contribution in [3.8, 4) is 0 Å². The third-order valence-electron chi connectivity index (χ3n) is 3.30. The molecule has 0 unspecified atom stereocenters. The van der Waals surface area contributed by atoms with Gasteiger partial charge in [0.2, 0.25) is 0 Å². The van der Waals surface area contributed by atoms with Crippen LogP contribution in [0.2, 0.25) is 0 Å². The molecule has 0 fully saturated rings. The van der Waals surface area contributed by atoms with E-state index < -0.39 is 5.97 Å². The van der Waals surface area contributed by atoms with Crippen molar-refractivity contribution in [3.63, 3.8) is 0 Å².